The highest BCUT2D eigenvalue weighted by Gasteiger charge is 2.65. The van der Waals surface area contributed by atoms with Gasteiger partial charge in [0, 0.05) is 63.7 Å². The average molecular weight is 751 g/mol. The molecule has 1 saturated carbocycles. The number of nitrogens with one attached hydrogen (secondary N) is 1. The molecule has 54 heavy (non-hydrogen) atoms. The SMILES string of the molecule is C=CCOc1ccc2c(c1)[C@H]1[C@H](CCCCO)[C@@H](CCCCO)C=C3C(=NOC)C[C@H](N(CCC)C(=O)NCCCN4CCCC4=O)[C@@](OCC=C)(O2)[C@H]31. The van der Waals surface area contributed by atoms with Gasteiger partial charge in [-0.3, -0.25) is 4.79 Å². The van der Waals surface area contributed by atoms with Gasteiger partial charge in [-0.1, -0.05) is 49.7 Å². The maximum atomic E-state index is 14.4. The summed E-state index contributed by atoms with van der Waals surface area (Å²) in [7, 11) is 1.55. The van der Waals surface area contributed by atoms with Crippen LogP contribution in [-0.2, 0) is 14.4 Å². The fourth-order valence-corrected chi connectivity index (χ4v) is 9.15. The number of carbonyl (C=O) groups is 2. The normalized spacial score (nSPS) is 26.3. The number of fused-ring (bicyclic) bond motifs is 2. The fourth-order valence-electron chi connectivity index (χ4n) is 9.15. The number of hydrogen-bond acceptors (Lipinski definition) is 9. The number of urea groups is 1. The Morgan fingerprint density at radius 1 is 1.13 bits per heavy atom. The van der Waals surface area contributed by atoms with Gasteiger partial charge < -0.3 is 44.4 Å². The molecule has 2 fully saturated rings. The summed E-state index contributed by atoms with van der Waals surface area (Å²) in [5.74, 6) is 0.00574. The van der Waals surface area contributed by atoms with Crippen molar-refractivity contribution in [2.45, 2.75) is 95.3 Å². The van der Waals surface area contributed by atoms with Crippen LogP contribution in [-0.4, -0.2) is 109 Å². The Morgan fingerprint density at radius 3 is 2.59 bits per heavy atom. The molecule has 12 heteroatoms. The Morgan fingerprint density at radius 2 is 1.91 bits per heavy atom. The first-order valence-electron chi connectivity index (χ1n) is 20.0. The van der Waals surface area contributed by atoms with Gasteiger partial charge >= 0.3 is 6.03 Å². The van der Waals surface area contributed by atoms with Crippen LogP contribution in [0.25, 0.3) is 0 Å². The van der Waals surface area contributed by atoms with Gasteiger partial charge in [0.1, 0.15) is 31.3 Å². The molecule has 3 N–H and O–H groups in total. The van der Waals surface area contributed by atoms with Crippen molar-refractivity contribution in [3.8, 4) is 11.5 Å². The van der Waals surface area contributed by atoms with Crippen molar-refractivity contribution < 1.29 is 38.9 Å². The van der Waals surface area contributed by atoms with Crippen molar-refractivity contribution in [3.05, 3.63) is 60.7 Å². The van der Waals surface area contributed by atoms with Gasteiger partial charge in [0.25, 0.3) is 0 Å². The lowest BCUT2D eigenvalue weighted by atomic mass is 9.55. The molecule has 1 aromatic rings. The van der Waals surface area contributed by atoms with Crippen LogP contribution in [0.3, 0.4) is 0 Å². The highest BCUT2D eigenvalue weighted by atomic mass is 16.7. The topological polar surface area (TPSA) is 142 Å². The third kappa shape index (κ3) is 9.14. The van der Waals surface area contributed by atoms with E-state index in [9.17, 15) is 19.8 Å². The van der Waals surface area contributed by atoms with E-state index >= 15 is 0 Å². The molecule has 2 heterocycles. The Hall–Kier alpha value is -3.87. The zero-order valence-electron chi connectivity index (χ0n) is 32.4. The minimum Gasteiger partial charge on any atom is -0.490 e. The molecule has 0 spiro atoms. The number of aliphatic hydroxyl groups excluding tert-OH is 2. The zero-order valence-corrected chi connectivity index (χ0v) is 32.4. The van der Waals surface area contributed by atoms with E-state index in [4.69, 9.17) is 19.0 Å². The van der Waals surface area contributed by atoms with E-state index in [1.54, 1.807) is 19.3 Å². The Balaban J connectivity index is 1.63. The van der Waals surface area contributed by atoms with Gasteiger partial charge in [-0.25, -0.2) is 4.79 Å². The van der Waals surface area contributed by atoms with Gasteiger partial charge in [-0.15, -0.1) is 6.58 Å². The summed E-state index contributed by atoms with van der Waals surface area (Å²) in [5, 5.41) is 27.4. The van der Waals surface area contributed by atoms with Crippen molar-refractivity contribution in [2.24, 2.45) is 22.9 Å². The first-order valence-corrected chi connectivity index (χ1v) is 20.0. The Labute approximate surface area is 321 Å². The molecule has 1 saturated heterocycles. The minimum absolute atomic E-state index is 0.116. The van der Waals surface area contributed by atoms with E-state index in [0.717, 1.165) is 55.5 Å². The molecule has 0 radical (unpaired) electrons. The summed E-state index contributed by atoms with van der Waals surface area (Å²) in [4.78, 5) is 35.8. The Bertz CT molecular complexity index is 1500. The van der Waals surface area contributed by atoms with Crippen molar-refractivity contribution >= 4 is 17.6 Å². The van der Waals surface area contributed by atoms with Gasteiger partial charge in [0.15, 0.2) is 0 Å². The number of likely N-dealkylation sites (tertiary alicyclic amines) is 1. The predicted molar refractivity (Wildman–Crippen MR) is 208 cm³/mol. The number of benzene rings is 1. The second-order valence-electron chi connectivity index (χ2n) is 14.8. The molecule has 4 aliphatic rings. The number of oxime groups is 1. The van der Waals surface area contributed by atoms with Crippen LogP contribution in [0.1, 0.15) is 89.0 Å². The molecule has 12 nitrogen and oxygen atoms in total. The molecule has 0 unspecified atom stereocenters. The summed E-state index contributed by atoms with van der Waals surface area (Å²) in [6.45, 7) is 12.9. The molecular weight excluding hydrogens is 688 g/mol. The summed E-state index contributed by atoms with van der Waals surface area (Å²) in [5.41, 5.74) is 2.75. The highest BCUT2D eigenvalue weighted by molar-refractivity contribution is 6.03. The van der Waals surface area contributed by atoms with E-state index in [1.165, 1.54) is 0 Å². The molecule has 0 bridgehead atoms. The smallest absolute Gasteiger partial charge is 0.317 e. The lowest BCUT2D eigenvalue weighted by Crippen LogP contribution is -2.70. The van der Waals surface area contributed by atoms with Crippen LogP contribution in [0, 0.1) is 17.8 Å². The number of ether oxygens (including phenoxy) is 3. The van der Waals surface area contributed by atoms with Crippen LogP contribution in [0.4, 0.5) is 4.79 Å². The van der Waals surface area contributed by atoms with Gasteiger partial charge in [-0.2, -0.15) is 0 Å². The van der Waals surface area contributed by atoms with Gasteiger partial charge in [-0.05, 0) is 80.6 Å². The number of amides is 3. The van der Waals surface area contributed by atoms with E-state index in [1.807, 2.05) is 28.9 Å². The number of carbonyl (C=O) groups excluding carboxylic acids is 2. The average Bonchev–Trinajstić information content (AvgIpc) is 3.59. The molecule has 2 aliphatic heterocycles. The van der Waals surface area contributed by atoms with Crippen LogP contribution in [0.5, 0.6) is 11.5 Å². The minimum atomic E-state index is -1.31. The molecular formula is C42H62N4O8. The fraction of sp³-hybridized carbons (Fsp3) is 0.643. The van der Waals surface area contributed by atoms with Gasteiger partial charge in [0.2, 0.25) is 11.7 Å². The molecule has 6 atom stereocenters. The molecule has 0 aromatic heterocycles. The maximum Gasteiger partial charge on any atom is 0.317 e. The Kier molecular flexibility index (Phi) is 15.4. The van der Waals surface area contributed by atoms with E-state index in [-0.39, 0.29) is 55.4 Å². The summed E-state index contributed by atoms with van der Waals surface area (Å²) in [6.07, 6.45) is 13.8. The number of unbranched alkanes of at least 4 members (excludes halogenated alkanes) is 2. The van der Waals surface area contributed by atoms with E-state index < -0.39 is 11.8 Å². The standard InChI is InChI=1S/C42H62N4O8/c1-5-20-46(41(50)43-19-13-22-45-21-12-16-38(45)49)37-29-35(44-51-4)33-27-30(14-8-10-23-47)32(15-9-11-24-48)39-34-28-31(52-25-6-2)17-18-36(34)54-42(37,40(33)39)53-26-7-3/h6-7,17-18,27-28,30,32,37,39-40,47-48H,2-3,5,8-16,19-26,29H2,1,4H3,(H,43,50)/t30-,32+,37-,39+,40+,42+/m0/s1. The van der Waals surface area contributed by atoms with Crippen LogP contribution in [0.2, 0.25) is 0 Å². The van der Waals surface area contributed by atoms with Crippen LogP contribution >= 0.6 is 0 Å². The van der Waals surface area contributed by atoms with E-state index in [0.29, 0.717) is 76.3 Å². The number of nitrogens with zero attached hydrogens (tertiary/aromatic N) is 3. The van der Waals surface area contributed by atoms with Crippen molar-refractivity contribution in [1.29, 1.82) is 0 Å². The molecule has 5 rings (SSSR count). The summed E-state index contributed by atoms with van der Waals surface area (Å²) < 4.78 is 20.3. The predicted octanol–water partition coefficient (Wildman–Crippen LogP) is 5.95. The van der Waals surface area contributed by atoms with Crippen molar-refractivity contribution in [1.82, 2.24) is 15.1 Å². The van der Waals surface area contributed by atoms with Crippen molar-refractivity contribution in [2.75, 3.05) is 59.7 Å². The molecule has 2 aliphatic carbocycles. The lowest BCUT2D eigenvalue weighted by Gasteiger charge is -2.60. The first-order chi connectivity index (χ1) is 26.4. The number of allylic oxidation sites excluding steroid dienone is 1. The number of aliphatic hydroxyl groups is 2. The lowest BCUT2D eigenvalue weighted by molar-refractivity contribution is -0.254. The molecule has 1 aromatic carbocycles. The monoisotopic (exact) mass is 750 g/mol. The van der Waals surface area contributed by atoms with Crippen molar-refractivity contribution in [3.63, 3.8) is 0 Å². The third-order valence-corrected chi connectivity index (χ3v) is 11.4. The molecule has 3 amide bonds. The number of rotatable bonds is 22. The summed E-state index contributed by atoms with van der Waals surface area (Å²) in [6, 6.07) is 5.11. The highest BCUT2D eigenvalue weighted by Crippen LogP contribution is 2.61. The maximum absolute atomic E-state index is 14.4. The van der Waals surface area contributed by atoms with Crippen LogP contribution < -0.4 is 14.8 Å². The molecule has 298 valence electrons. The van der Waals surface area contributed by atoms with E-state index in [2.05, 4.69) is 35.8 Å². The third-order valence-electron chi connectivity index (χ3n) is 11.4. The largest absolute Gasteiger partial charge is 0.490 e. The quantitative estimate of drug-likeness (QED) is 0.0751. The summed E-state index contributed by atoms with van der Waals surface area (Å²) >= 11 is 0. The second-order valence-corrected chi connectivity index (χ2v) is 14.8. The van der Waals surface area contributed by atoms with Gasteiger partial charge in [0.05, 0.1) is 18.2 Å². The van der Waals surface area contributed by atoms with Crippen LogP contribution in [0.15, 0.2) is 60.3 Å². The second kappa shape index (κ2) is 20.2. The first kappa shape index (κ1) is 41.3. The number of hydrogen-bond donors (Lipinski definition) is 3. The zero-order chi connectivity index (χ0) is 38.5.